The van der Waals surface area contributed by atoms with Gasteiger partial charge in [-0.3, -0.25) is 14.9 Å². The van der Waals surface area contributed by atoms with Gasteiger partial charge < -0.3 is 5.32 Å². The van der Waals surface area contributed by atoms with Crippen LogP contribution < -0.4 is 5.32 Å². The largest absolute Gasteiger partial charge is 0.325 e. The number of benzene rings is 2. The molecule has 3 heterocycles. The maximum absolute atomic E-state index is 12.8. The van der Waals surface area contributed by atoms with Crippen molar-refractivity contribution in [1.82, 2.24) is 15.2 Å². The van der Waals surface area contributed by atoms with E-state index < -0.39 is 5.41 Å². The number of carbonyl (C=O) groups excluding carboxylic acids is 1. The van der Waals surface area contributed by atoms with Gasteiger partial charge in [-0.05, 0) is 54.3 Å². The molecule has 5 nitrogen and oxygen atoms in total. The van der Waals surface area contributed by atoms with Crippen LogP contribution >= 0.6 is 0 Å². The first kappa shape index (κ1) is 17.2. The third-order valence-corrected chi connectivity index (χ3v) is 6.41. The summed E-state index contributed by atoms with van der Waals surface area (Å²) in [6.07, 6.45) is 6.73. The second-order valence-corrected chi connectivity index (χ2v) is 8.21. The van der Waals surface area contributed by atoms with Crippen molar-refractivity contribution in [3.63, 3.8) is 0 Å². The second kappa shape index (κ2) is 6.13. The van der Waals surface area contributed by atoms with Crippen LogP contribution in [0.15, 0.2) is 60.8 Å². The fourth-order valence-electron chi connectivity index (χ4n) is 4.71. The predicted molar refractivity (Wildman–Crippen MR) is 118 cm³/mol. The lowest BCUT2D eigenvalue weighted by atomic mass is 9.92. The van der Waals surface area contributed by atoms with Crippen LogP contribution in [0, 0.1) is 6.92 Å². The minimum atomic E-state index is -0.411. The second-order valence-electron chi connectivity index (χ2n) is 8.21. The van der Waals surface area contributed by atoms with E-state index in [1.165, 1.54) is 5.56 Å². The van der Waals surface area contributed by atoms with Crippen molar-refractivity contribution in [2.45, 2.75) is 24.7 Å². The Hall–Kier alpha value is -3.73. The standard InChI is InChI=1S/C25H20N4O/c1-15-6-7-16(14-26-15)8-11-21-18-10-9-17(12-23(18)29-28-21)20-13-25(20)19-4-2-3-5-22(19)27-24(25)30/h2-12,14,20H,13H2,1H3,(H,27,30)(H,28,29)/t20-,25-/m0/s1. The Labute approximate surface area is 173 Å². The first-order valence-electron chi connectivity index (χ1n) is 10.1. The molecule has 5 heteroatoms. The summed E-state index contributed by atoms with van der Waals surface area (Å²) in [7, 11) is 0. The van der Waals surface area contributed by atoms with E-state index in [4.69, 9.17) is 0 Å². The maximum atomic E-state index is 12.8. The van der Waals surface area contributed by atoms with E-state index in [-0.39, 0.29) is 11.8 Å². The van der Waals surface area contributed by atoms with Crippen molar-refractivity contribution >= 4 is 34.6 Å². The molecule has 1 aliphatic heterocycles. The van der Waals surface area contributed by atoms with Gasteiger partial charge in [0, 0.05) is 28.9 Å². The third kappa shape index (κ3) is 2.45. The number of aryl methyl sites for hydroxylation is 1. The molecule has 146 valence electrons. The van der Waals surface area contributed by atoms with Crippen LogP contribution in [0.2, 0.25) is 0 Å². The summed E-state index contributed by atoms with van der Waals surface area (Å²) in [5.74, 6) is 0.320. The SMILES string of the molecule is Cc1ccc(C=Cc2n[nH]c3cc([C@@H]4C[C@@]45C(=O)Nc4ccccc45)ccc23)cn1. The third-order valence-electron chi connectivity index (χ3n) is 6.41. The molecule has 6 rings (SSSR count). The number of H-pyrrole nitrogens is 1. The molecule has 4 aromatic rings. The topological polar surface area (TPSA) is 70.7 Å². The molecular weight excluding hydrogens is 372 g/mol. The van der Waals surface area contributed by atoms with Gasteiger partial charge in [0.15, 0.2) is 0 Å². The van der Waals surface area contributed by atoms with Crippen LogP contribution in [-0.4, -0.2) is 21.1 Å². The zero-order valence-corrected chi connectivity index (χ0v) is 16.5. The molecule has 1 aliphatic carbocycles. The Balaban J connectivity index is 1.31. The molecule has 1 saturated carbocycles. The van der Waals surface area contributed by atoms with Gasteiger partial charge >= 0.3 is 0 Å². The van der Waals surface area contributed by atoms with Crippen LogP contribution in [-0.2, 0) is 10.2 Å². The van der Waals surface area contributed by atoms with Crippen LogP contribution in [0.5, 0.6) is 0 Å². The van der Waals surface area contributed by atoms with Crippen molar-refractivity contribution < 1.29 is 4.79 Å². The van der Waals surface area contributed by atoms with Gasteiger partial charge in [0.05, 0.1) is 16.6 Å². The number of aromatic amines is 1. The highest BCUT2D eigenvalue weighted by Gasteiger charge is 2.65. The zero-order valence-electron chi connectivity index (χ0n) is 16.5. The number of anilines is 1. The smallest absolute Gasteiger partial charge is 0.235 e. The summed E-state index contributed by atoms with van der Waals surface area (Å²) in [4.78, 5) is 17.1. The molecule has 2 aromatic heterocycles. The van der Waals surface area contributed by atoms with Gasteiger partial charge in [-0.25, -0.2) is 0 Å². The molecule has 2 aliphatic rings. The van der Waals surface area contributed by atoms with Gasteiger partial charge in [0.2, 0.25) is 5.91 Å². The lowest BCUT2D eigenvalue weighted by molar-refractivity contribution is -0.118. The quantitative estimate of drug-likeness (QED) is 0.525. The van der Waals surface area contributed by atoms with E-state index >= 15 is 0 Å². The zero-order chi connectivity index (χ0) is 20.3. The first-order chi connectivity index (χ1) is 14.6. The molecular formula is C25H20N4O. The van der Waals surface area contributed by atoms with E-state index in [1.807, 2.05) is 55.6 Å². The van der Waals surface area contributed by atoms with Gasteiger partial charge in [0.25, 0.3) is 0 Å². The van der Waals surface area contributed by atoms with Gasteiger partial charge in [-0.2, -0.15) is 5.10 Å². The summed E-state index contributed by atoms with van der Waals surface area (Å²) in [6, 6.07) is 18.5. The van der Waals surface area contributed by atoms with Gasteiger partial charge in [-0.15, -0.1) is 0 Å². The van der Waals surface area contributed by atoms with Crippen LogP contribution in [0.4, 0.5) is 5.69 Å². The Bertz CT molecular complexity index is 1340. The predicted octanol–water partition coefficient (Wildman–Crippen LogP) is 4.81. The van der Waals surface area contributed by atoms with Crippen LogP contribution in [0.1, 0.15) is 40.4 Å². The van der Waals surface area contributed by atoms with E-state index in [0.29, 0.717) is 0 Å². The normalized spacial score (nSPS) is 22.0. The summed E-state index contributed by atoms with van der Waals surface area (Å²) in [5, 5.41) is 11.7. The number of hydrogen-bond acceptors (Lipinski definition) is 3. The monoisotopic (exact) mass is 392 g/mol. The highest BCUT2D eigenvalue weighted by atomic mass is 16.2. The van der Waals surface area contributed by atoms with Crippen LogP contribution in [0.3, 0.4) is 0 Å². The summed E-state index contributed by atoms with van der Waals surface area (Å²) >= 11 is 0. The van der Waals surface area contributed by atoms with Crippen molar-refractivity contribution in [3.8, 4) is 0 Å². The fourth-order valence-corrected chi connectivity index (χ4v) is 4.71. The first-order valence-corrected chi connectivity index (χ1v) is 10.1. The molecule has 0 saturated heterocycles. The number of pyridine rings is 1. The highest BCUT2D eigenvalue weighted by molar-refractivity contribution is 6.09. The highest BCUT2D eigenvalue weighted by Crippen LogP contribution is 2.64. The number of amides is 1. The number of hydrogen-bond donors (Lipinski definition) is 2. The van der Waals surface area contributed by atoms with E-state index in [1.54, 1.807) is 0 Å². The van der Waals surface area contributed by atoms with E-state index in [0.717, 1.165) is 45.5 Å². The molecule has 2 atom stereocenters. The average molecular weight is 392 g/mol. The summed E-state index contributed by atoms with van der Waals surface area (Å²) in [5.41, 5.74) is 6.77. The molecule has 1 fully saturated rings. The Kier molecular flexibility index (Phi) is 3.51. The summed E-state index contributed by atoms with van der Waals surface area (Å²) in [6.45, 7) is 1.98. The molecule has 0 radical (unpaired) electrons. The van der Waals surface area contributed by atoms with Gasteiger partial charge in [-0.1, -0.05) is 42.5 Å². The van der Waals surface area contributed by atoms with Crippen molar-refractivity contribution in [1.29, 1.82) is 0 Å². The van der Waals surface area contributed by atoms with Crippen molar-refractivity contribution in [2.75, 3.05) is 5.32 Å². The number of nitrogens with one attached hydrogen (secondary N) is 2. The molecule has 0 bridgehead atoms. The molecule has 0 unspecified atom stereocenters. The fraction of sp³-hybridized carbons (Fsp3) is 0.160. The van der Waals surface area contributed by atoms with E-state index in [9.17, 15) is 4.79 Å². The number of para-hydroxylation sites is 1. The van der Waals surface area contributed by atoms with Crippen molar-refractivity contribution in [2.24, 2.45) is 0 Å². The summed E-state index contributed by atoms with van der Waals surface area (Å²) < 4.78 is 0. The minimum absolute atomic E-state index is 0.119. The number of nitrogens with zero attached hydrogens (tertiary/aromatic N) is 2. The molecule has 30 heavy (non-hydrogen) atoms. The number of fused-ring (bicyclic) bond motifs is 3. The van der Waals surface area contributed by atoms with Gasteiger partial charge in [0.1, 0.15) is 0 Å². The number of carbonyl (C=O) groups is 1. The molecule has 1 amide bonds. The molecule has 2 N–H and O–H groups in total. The van der Waals surface area contributed by atoms with Crippen LogP contribution in [0.25, 0.3) is 23.1 Å². The molecule has 2 aromatic carbocycles. The minimum Gasteiger partial charge on any atom is -0.325 e. The van der Waals surface area contributed by atoms with Crippen molar-refractivity contribution in [3.05, 3.63) is 88.9 Å². The maximum Gasteiger partial charge on any atom is 0.235 e. The lowest BCUT2D eigenvalue weighted by Gasteiger charge is -2.08. The average Bonchev–Trinajstić information content (AvgIpc) is 3.30. The Morgan fingerprint density at radius 2 is 2.00 bits per heavy atom. The number of aromatic nitrogens is 3. The molecule has 1 spiro atoms. The number of rotatable bonds is 3. The Morgan fingerprint density at radius 1 is 1.10 bits per heavy atom. The van der Waals surface area contributed by atoms with E-state index in [2.05, 4.69) is 44.8 Å². The lowest BCUT2D eigenvalue weighted by Crippen LogP contribution is -2.20. The Morgan fingerprint density at radius 3 is 2.87 bits per heavy atom.